The van der Waals surface area contributed by atoms with Crippen LogP contribution in [0.15, 0.2) is 42.2 Å². The number of hydrogen-bond donors (Lipinski definition) is 1. The van der Waals surface area contributed by atoms with Gasteiger partial charge in [0.05, 0.1) is 15.8 Å². The predicted octanol–water partition coefficient (Wildman–Crippen LogP) is 6.57. The maximum atomic E-state index is 13.0. The van der Waals surface area contributed by atoms with Crippen LogP contribution in [0.5, 0.6) is 10.9 Å². The molecule has 148 valence electrons. The molecule has 2 atom stereocenters. The Morgan fingerprint density at radius 2 is 2.03 bits per heavy atom. The third-order valence-corrected chi connectivity index (χ3v) is 7.11. The van der Waals surface area contributed by atoms with Gasteiger partial charge in [0.2, 0.25) is 0 Å². The van der Waals surface area contributed by atoms with E-state index in [0.29, 0.717) is 21.5 Å². The van der Waals surface area contributed by atoms with Gasteiger partial charge in [0.15, 0.2) is 5.78 Å². The van der Waals surface area contributed by atoms with Gasteiger partial charge >= 0.3 is 0 Å². The zero-order valence-electron chi connectivity index (χ0n) is 15.9. The first-order valence-corrected chi connectivity index (χ1v) is 11.1. The summed E-state index contributed by atoms with van der Waals surface area (Å²) in [4.78, 5) is 17.5. The van der Waals surface area contributed by atoms with E-state index in [1.165, 1.54) is 11.3 Å². The molecule has 0 saturated heterocycles. The number of rotatable bonds is 4. The first-order valence-electron chi connectivity index (χ1n) is 9.88. The van der Waals surface area contributed by atoms with Crippen LogP contribution in [0.2, 0.25) is 5.02 Å². The first-order chi connectivity index (χ1) is 14.0. The topological polar surface area (TPSA) is 59.4 Å². The zero-order chi connectivity index (χ0) is 20.1. The molecule has 1 fully saturated rings. The van der Waals surface area contributed by atoms with E-state index in [1.54, 1.807) is 0 Å². The summed E-state index contributed by atoms with van der Waals surface area (Å²) < 4.78 is 7.02. The van der Waals surface area contributed by atoms with Crippen molar-refractivity contribution in [3.63, 3.8) is 0 Å². The summed E-state index contributed by atoms with van der Waals surface area (Å²) in [6, 6.07) is 11.3. The average molecular weight is 426 g/mol. The molecule has 0 unspecified atom stereocenters. The molecule has 0 spiro atoms. The highest BCUT2D eigenvalue weighted by molar-refractivity contribution is 7.20. The number of benzene rings is 2. The smallest absolute Gasteiger partial charge is 0.279 e. The largest absolute Gasteiger partial charge is 0.511 e. The van der Waals surface area contributed by atoms with Gasteiger partial charge < -0.3 is 9.84 Å². The number of fused-ring (bicyclic) bond motifs is 3. The lowest BCUT2D eigenvalue weighted by molar-refractivity contribution is -0.117. The van der Waals surface area contributed by atoms with Crippen LogP contribution < -0.4 is 4.74 Å². The lowest BCUT2D eigenvalue weighted by atomic mass is 9.81. The molecule has 0 radical (unpaired) electrons. The number of nitrogens with zero attached hydrogens (tertiary/aromatic N) is 1. The minimum absolute atomic E-state index is 0.0363. The van der Waals surface area contributed by atoms with Gasteiger partial charge in [-0.25, -0.2) is 4.98 Å². The van der Waals surface area contributed by atoms with Crippen LogP contribution in [0, 0.1) is 11.8 Å². The molecule has 5 rings (SSSR count). The van der Waals surface area contributed by atoms with Crippen molar-refractivity contribution in [1.29, 1.82) is 0 Å². The predicted molar refractivity (Wildman–Crippen MR) is 116 cm³/mol. The van der Waals surface area contributed by atoms with Crippen molar-refractivity contribution >= 4 is 44.5 Å². The molecule has 2 aliphatic carbocycles. The van der Waals surface area contributed by atoms with Crippen LogP contribution >= 0.6 is 22.9 Å². The molecule has 1 saturated carbocycles. The Morgan fingerprint density at radius 1 is 1.21 bits per heavy atom. The Labute approximate surface area is 177 Å². The van der Waals surface area contributed by atoms with Crippen molar-refractivity contribution in [2.75, 3.05) is 0 Å². The Kier molecular flexibility index (Phi) is 4.60. The van der Waals surface area contributed by atoms with Gasteiger partial charge in [0, 0.05) is 16.9 Å². The minimum Gasteiger partial charge on any atom is -0.511 e. The summed E-state index contributed by atoms with van der Waals surface area (Å²) in [5, 5.41) is 12.0. The van der Waals surface area contributed by atoms with E-state index in [-0.39, 0.29) is 23.4 Å². The molecular weight excluding hydrogens is 406 g/mol. The Bertz CT molecular complexity index is 1170. The van der Waals surface area contributed by atoms with Gasteiger partial charge in [0.1, 0.15) is 11.5 Å². The molecule has 0 aliphatic heterocycles. The summed E-state index contributed by atoms with van der Waals surface area (Å²) in [5.74, 6) is 1.07. The summed E-state index contributed by atoms with van der Waals surface area (Å²) >= 11 is 7.49. The molecule has 2 aromatic carbocycles. The van der Waals surface area contributed by atoms with Crippen LogP contribution in [0.1, 0.15) is 37.3 Å². The number of aryl methyl sites for hydroxylation is 1. The molecule has 4 nitrogen and oxygen atoms in total. The second kappa shape index (κ2) is 7.15. The fraction of sp³-hybridized carbons (Fsp3) is 0.304. The normalized spacial score (nSPS) is 21.2. The summed E-state index contributed by atoms with van der Waals surface area (Å²) in [6.07, 6.45) is 3.30. The van der Waals surface area contributed by atoms with E-state index in [9.17, 15) is 9.90 Å². The van der Waals surface area contributed by atoms with E-state index in [4.69, 9.17) is 16.3 Å². The van der Waals surface area contributed by atoms with Crippen LogP contribution in [-0.2, 0) is 11.2 Å². The number of thiazole rings is 1. The number of carbonyl (C=O) groups excluding carboxylic acids is 1. The van der Waals surface area contributed by atoms with Crippen LogP contribution in [0.4, 0.5) is 0 Å². The maximum absolute atomic E-state index is 13.0. The third-order valence-electron chi connectivity index (χ3n) is 5.96. The molecule has 6 heteroatoms. The van der Waals surface area contributed by atoms with Crippen molar-refractivity contribution in [3.05, 3.63) is 58.3 Å². The van der Waals surface area contributed by atoms with E-state index in [0.717, 1.165) is 47.0 Å². The van der Waals surface area contributed by atoms with Crippen LogP contribution in [0.3, 0.4) is 0 Å². The SMILES string of the molecule is CCc1ccc(Oc2nc3cc(Cl)ccc3s2)cc1C1=C(O)[C@H]2CC[C@H](C2)C1=O. The number of aliphatic hydroxyl groups is 1. The number of ether oxygens (including phenoxy) is 1. The second-order valence-corrected chi connectivity index (χ2v) is 9.13. The minimum atomic E-state index is 0.0363. The first kappa shape index (κ1) is 18.6. The molecule has 2 bridgehead atoms. The second-order valence-electron chi connectivity index (χ2n) is 7.70. The number of carbonyl (C=O) groups is 1. The highest BCUT2D eigenvalue weighted by Crippen LogP contribution is 2.46. The Morgan fingerprint density at radius 3 is 2.86 bits per heavy atom. The zero-order valence-corrected chi connectivity index (χ0v) is 17.5. The monoisotopic (exact) mass is 425 g/mol. The Hall–Kier alpha value is -2.37. The van der Waals surface area contributed by atoms with Gasteiger partial charge in [-0.2, -0.15) is 0 Å². The number of aliphatic hydroxyl groups excluding tert-OH is 1. The highest BCUT2D eigenvalue weighted by Gasteiger charge is 2.41. The average Bonchev–Trinajstić information content (AvgIpc) is 3.32. The van der Waals surface area contributed by atoms with E-state index < -0.39 is 0 Å². The standard InChI is InChI=1S/C23H20ClNO3S/c1-2-12-5-7-16(28-23-25-18-10-15(24)6-8-19(18)29-23)11-17(12)20-21(26)13-3-4-14(9-13)22(20)27/h5-8,10-11,13-14,26H,2-4,9H2,1H3/t13-,14+/m0/s1. The van der Waals surface area contributed by atoms with Crippen molar-refractivity contribution in [2.24, 2.45) is 11.8 Å². The lowest BCUT2D eigenvalue weighted by Gasteiger charge is -2.23. The molecule has 3 aromatic rings. The molecular formula is C23H20ClNO3S. The number of aromatic nitrogens is 1. The number of ketones is 1. The number of hydrogen-bond acceptors (Lipinski definition) is 5. The van der Waals surface area contributed by atoms with Crippen molar-refractivity contribution < 1.29 is 14.6 Å². The molecule has 1 heterocycles. The quantitative estimate of drug-likeness (QED) is 0.513. The fourth-order valence-corrected chi connectivity index (χ4v) is 5.44. The van der Waals surface area contributed by atoms with Gasteiger partial charge in [-0.1, -0.05) is 35.9 Å². The highest BCUT2D eigenvalue weighted by atomic mass is 35.5. The molecule has 1 aromatic heterocycles. The molecule has 1 N–H and O–H groups in total. The van der Waals surface area contributed by atoms with Crippen molar-refractivity contribution in [3.8, 4) is 10.9 Å². The van der Waals surface area contributed by atoms with Crippen LogP contribution in [0.25, 0.3) is 15.8 Å². The summed E-state index contributed by atoms with van der Waals surface area (Å²) in [6.45, 7) is 2.05. The molecule has 29 heavy (non-hydrogen) atoms. The van der Waals surface area contributed by atoms with Crippen LogP contribution in [-0.4, -0.2) is 15.9 Å². The van der Waals surface area contributed by atoms with Gasteiger partial charge in [-0.15, -0.1) is 0 Å². The van der Waals surface area contributed by atoms with Gasteiger partial charge in [0.25, 0.3) is 5.19 Å². The lowest BCUT2D eigenvalue weighted by Crippen LogP contribution is -2.21. The summed E-state index contributed by atoms with van der Waals surface area (Å²) in [7, 11) is 0. The Balaban J connectivity index is 1.54. The molecule has 0 amide bonds. The molecule has 2 aliphatic rings. The van der Waals surface area contributed by atoms with E-state index in [1.807, 2.05) is 36.4 Å². The van der Waals surface area contributed by atoms with Crippen molar-refractivity contribution in [1.82, 2.24) is 4.98 Å². The number of Topliss-reactive ketones (excluding diaryl/α,β-unsaturated/α-hetero) is 1. The van der Waals surface area contributed by atoms with E-state index >= 15 is 0 Å². The van der Waals surface area contributed by atoms with Gasteiger partial charge in [-0.05, 0) is 67.1 Å². The fourth-order valence-electron chi connectivity index (χ4n) is 4.46. The third kappa shape index (κ3) is 3.22. The van der Waals surface area contributed by atoms with E-state index in [2.05, 4.69) is 11.9 Å². The number of allylic oxidation sites excluding steroid dienone is 2. The van der Waals surface area contributed by atoms with Gasteiger partial charge in [-0.3, -0.25) is 4.79 Å². The summed E-state index contributed by atoms with van der Waals surface area (Å²) in [5.41, 5.74) is 3.10. The van der Waals surface area contributed by atoms with Crippen molar-refractivity contribution in [2.45, 2.75) is 32.6 Å². The maximum Gasteiger partial charge on any atom is 0.279 e. The number of halogens is 1.